The van der Waals surface area contributed by atoms with Crippen LogP contribution in [-0.2, 0) is 6.54 Å². The zero-order chi connectivity index (χ0) is 23.7. The first kappa shape index (κ1) is 21.4. The summed E-state index contributed by atoms with van der Waals surface area (Å²) in [4.78, 5) is 21.9. The lowest BCUT2D eigenvalue weighted by Gasteiger charge is -2.17. The lowest BCUT2D eigenvalue weighted by molar-refractivity contribution is 0.890. The Bertz CT molecular complexity index is 1560. The first-order valence-corrected chi connectivity index (χ1v) is 10.7. The number of nitrogens with one attached hydrogen (secondary N) is 3. The highest BCUT2D eigenvalue weighted by molar-refractivity contribution is 6.35. The largest absolute Gasteiger partial charge is 0.383 e. The maximum absolute atomic E-state index is 13.5. The molecule has 5 aromatic rings. The van der Waals surface area contributed by atoms with Crippen molar-refractivity contribution in [1.29, 1.82) is 5.41 Å². The molecular formula is C24H19ClN8O. The van der Waals surface area contributed by atoms with E-state index in [1.54, 1.807) is 16.8 Å². The number of benzene rings is 2. The van der Waals surface area contributed by atoms with Crippen LogP contribution in [-0.4, -0.2) is 30.4 Å². The number of nitrogens with two attached hydrogens (primary N) is 1. The van der Waals surface area contributed by atoms with Crippen LogP contribution in [0, 0.1) is 5.41 Å². The number of nitrogens with zero attached hydrogens (tertiary/aromatic N) is 4. The number of anilines is 2. The Hall–Kier alpha value is -4.50. The normalized spacial score (nSPS) is 11.0. The molecule has 0 saturated carbocycles. The molecule has 0 spiro atoms. The number of hydrogen-bond donors (Lipinski definition) is 4. The van der Waals surface area contributed by atoms with Gasteiger partial charge in [0.2, 0.25) is 0 Å². The molecule has 3 aromatic heterocycles. The van der Waals surface area contributed by atoms with Crippen LogP contribution in [0.4, 0.5) is 11.6 Å². The average Bonchev–Trinajstić information content (AvgIpc) is 3.38. The van der Waals surface area contributed by atoms with Crippen molar-refractivity contribution in [3.05, 3.63) is 106 Å². The zero-order valence-corrected chi connectivity index (χ0v) is 18.5. The summed E-state index contributed by atoms with van der Waals surface area (Å²) >= 11 is 6.38. The Kier molecular flexibility index (Phi) is 5.52. The van der Waals surface area contributed by atoms with Crippen molar-refractivity contribution in [3.8, 4) is 5.69 Å². The molecule has 0 aliphatic heterocycles. The SMILES string of the molecule is N=C(c1cn[nH]c1)c1c(N)ncnc1NCc1cc2cccc(Cl)c2c(=O)n1-c1ccccc1. The second-order valence-electron chi connectivity index (χ2n) is 7.51. The van der Waals surface area contributed by atoms with Crippen LogP contribution >= 0.6 is 11.6 Å². The Balaban J connectivity index is 1.61. The third-order valence-corrected chi connectivity index (χ3v) is 5.75. The van der Waals surface area contributed by atoms with E-state index in [2.05, 4.69) is 25.5 Å². The summed E-state index contributed by atoms with van der Waals surface area (Å²) in [5, 5.41) is 20.0. The number of nitrogen functional groups attached to an aromatic ring is 1. The van der Waals surface area contributed by atoms with E-state index < -0.39 is 0 Å². The molecule has 0 aliphatic carbocycles. The van der Waals surface area contributed by atoms with Gasteiger partial charge in [0.15, 0.2) is 0 Å². The summed E-state index contributed by atoms with van der Waals surface area (Å²) in [5.41, 5.74) is 8.29. The second-order valence-corrected chi connectivity index (χ2v) is 7.92. The highest BCUT2D eigenvalue weighted by Gasteiger charge is 2.18. The molecule has 5 N–H and O–H groups in total. The number of aromatic nitrogens is 5. The van der Waals surface area contributed by atoms with Gasteiger partial charge in [-0.05, 0) is 29.7 Å². The molecule has 0 aliphatic rings. The average molecular weight is 471 g/mol. The molecule has 0 amide bonds. The van der Waals surface area contributed by atoms with Crippen molar-refractivity contribution in [2.24, 2.45) is 0 Å². The van der Waals surface area contributed by atoms with Gasteiger partial charge in [0, 0.05) is 23.1 Å². The van der Waals surface area contributed by atoms with E-state index in [0.29, 0.717) is 38.7 Å². The molecule has 0 radical (unpaired) electrons. The number of pyridine rings is 1. The molecule has 0 unspecified atom stereocenters. The maximum Gasteiger partial charge on any atom is 0.264 e. The summed E-state index contributed by atoms with van der Waals surface area (Å²) in [6.45, 7) is 0.231. The summed E-state index contributed by atoms with van der Waals surface area (Å²) < 4.78 is 1.62. The fourth-order valence-corrected chi connectivity index (χ4v) is 4.11. The number of halogens is 1. The van der Waals surface area contributed by atoms with Gasteiger partial charge in [-0.25, -0.2) is 9.97 Å². The quantitative estimate of drug-likeness (QED) is 0.279. The van der Waals surface area contributed by atoms with Gasteiger partial charge in [-0.2, -0.15) is 5.10 Å². The topological polar surface area (TPSA) is 138 Å². The maximum atomic E-state index is 13.5. The number of H-pyrrole nitrogens is 1. The molecule has 0 atom stereocenters. The Morgan fingerprint density at radius 2 is 1.97 bits per heavy atom. The molecule has 10 heteroatoms. The predicted molar refractivity (Wildman–Crippen MR) is 133 cm³/mol. The minimum atomic E-state index is -0.223. The summed E-state index contributed by atoms with van der Waals surface area (Å²) in [6, 6.07) is 16.6. The van der Waals surface area contributed by atoms with Crippen LogP contribution in [0.1, 0.15) is 16.8 Å². The second kappa shape index (κ2) is 8.80. The number of para-hydroxylation sites is 1. The number of fused-ring (bicyclic) bond motifs is 1. The van der Waals surface area contributed by atoms with Crippen LogP contribution in [0.25, 0.3) is 16.5 Å². The smallest absolute Gasteiger partial charge is 0.264 e. The Morgan fingerprint density at radius 3 is 2.74 bits per heavy atom. The zero-order valence-electron chi connectivity index (χ0n) is 17.8. The molecule has 34 heavy (non-hydrogen) atoms. The van der Waals surface area contributed by atoms with E-state index in [0.717, 1.165) is 5.39 Å². The Morgan fingerprint density at radius 1 is 1.15 bits per heavy atom. The molecule has 0 saturated heterocycles. The van der Waals surface area contributed by atoms with Gasteiger partial charge in [-0.15, -0.1) is 0 Å². The minimum absolute atomic E-state index is 0.125. The Labute approximate surface area is 198 Å². The van der Waals surface area contributed by atoms with Gasteiger partial charge >= 0.3 is 0 Å². The molecule has 0 fully saturated rings. The first-order valence-electron chi connectivity index (χ1n) is 10.4. The predicted octanol–water partition coefficient (Wildman–Crippen LogP) is 3.77. The summed E-state index contributed by atoms with van der Waals surface area (Å²) in [6.07, 6.45) is 4.45. The van der Waals surface area contributed by atoms with Crippen molar-refractivity contribution in [2.45, 2.75) is 6.54 Å². The van der Waals surface area contributed by atoms with Crippen LogP contribution in [0.5, 0.6) is 0 Å². The standard InChI is InChI=1S/C24H19ClN8O/c25-18-8-4-5-14-9-17(33(24(34)19(14)18)16-6-2-1-3-7-16)12-28-23-20(22(27)29-13-30-23)21(26)15-10-31-32-11-15/h1-11,13,26H,12H2,(H,31,32)(H3,27,28,29,30). The molecule has 168 valence electrons. The van der Waals surface area contributed by atoms with Gasteiger partial charge in [-0.3, -0.25) is 19.9 Å². The highest BCUT2D eigenvalue weighted by Crippen LogP contribution is 2.25. The molecular weight excluding hydrogens is 452 g/mol. The number of aromatic amines is 1. The minimum Gasteiger partial charge on any atom is -0.383 e. The fraction of sp³-hybridized carbons (Fsp3) is 0.0417. The van der Waals surface area contributed by atoms with E-state index in [-0.39, 0.29) is 23.6 Å². The van der Waals surface area contributed by atoms with E-state index in [1.165, 1.54) is 12.5 Å². The molecule has 2 aromatic carbocycles. The van der Waals surface area contributed by atoms with Crippen molar-refractivity contribution in [2.75, 3.05) is 11.1 Å². The van der Waals surface area contributed by atoms with Gasteiger partial charge in [0.25, 0.3) is 5.56 Å². The molecule has 3 heterocycles. The van der Waals surface area contributed by atoms with Crippen molar-refractivity contribution in [3.63, 3.8) is 0 Å². The lowest BCUT2D eigenvalue weighted by atomic mass is 10.1. The summed E-state index contributed by atoms with van der Waals surface area (Å²) in [7, 11) is 0. The van der Waals surface area contributed by atoms with Crippen LogP contribution in [0.2, 0.25) is 5.02 Å². The summed E-state index contributed by atoms with van der Waals surface area (Å²) in [5.74, 6) is 0.534. The van der Waals surface area contributed by atoms with Gasteiger partial charge in [-0.1, -0.05) is 41.9 Å². The van der Waals surface area contributed by atoms with E-state index >= 15 is 0 Å². The monoisotopic (exact) mass is 470 g/mol. The molecule has 5 rings (SSSR count). The van der Waals surface area contributed by atoms with Crippen molar-refractivity contribution >= 4 is 39.7 Å². The van der Waals surface area contributed by atoms with E-state index in [4.69, 9.17) is 22.7 Å². The van der Waals surface area contributed by atoms with Crippen LogP contribution < -0.4 is 16.6 Å². The molecule has 0 bridgehead atoms. The van der Waals surface area contributed by atoms with Crippen molar-refractivity contribution in [1.82, 2.24) is 24.7 Å². The lowest BCUT2D eigenvalue weighted by Crippen LogP contribution is -2.24. The van der Waals surface area contributed by atoms with Crippen LogP contribution in [0.3, 0.4) is 0 Å². The van der Waals surface area contributed by atoms with E-state index in [9.17, 15) is 4.79 Å². The van der Waals surface area contributed by atoms with Gasteiger partial charge in [0.05, 0.1) is 34.4 Å². The highest BCUT2D eigenvalue weighted by atomic mass is 35.5. The fourth-order valence-electron chi connectivity index (χ4n) is 3.85. The third-order valence-electron chi connectivity index (χ3n) is 5.44. The van der Waals surface area contributed by atoms with Crippen LogP contribution in [0.15, 0.2) is 78.1 Å². The van der Waals surface area contributed by atoms with Gasteiger partial charge in [0.1, 0.15) is 18.0 Å². The number of hydrogen-bond acceptors (Lipinski definition) is 7. The third kappa shape index (κ3) is 3.78. The van der Waals surface area contributed by atoms with Gasteiger partial charge < -0.3 is 11.1 Å². The number of rotatable bonds is 6. The first-order chi connectivity index (χ1) is 16.5. The molecule has 9 nitrogen and oxygen atoms in total. The van der Waals surface area contributed by atoms with Crippen molar-refractivity contribution < 1.29 is 0 Å². The van der Waals surface area contributed by atoms with E-state index in [1.807, 2.05) is 48.5 Å².